The first-order valence-electron chi connectivity index (χ1n) is 12.2. The molecule has 0 atom stereocenters. The van der Waals surface area contributed by atoms with Gasteiger partial charge in [0.2, 0.25) is 0 Å². The van der Waals surface area contributed by atoms with Crippen molar-refractivity contribution in [3.8, 4) is 16.9 Å². The van der Waals surface area contributed by atoms with Crippen molar-refractivity contribution in [1.82, 2.24) is 14.8 Å². The van der Waals surface area contributed by atoms with Crippen LogP contribution in [0.3, 0.4) is 0 Å². The van der Waals surface area contributed by atoms with Crippen molar-refractivity contribution in [1.29, 1.82) is 0 Å². The largest absolute Gasteiger partial charge is 2.00 e. The average Bonchev–Trinajstić information content (AvgIpc) is 3.46. The first-order chi connectivity index (χ1) is 16.7. The zero-order valence-electron chi connectivity index (χ0n) is 20.7. The van der Waals surface area contributed by atoms with E-state index in [1.165, 1.54) is 25.7 Å². The molecule has 2 aromatic carbocycles. The van der Waals surface area contributed by atoms with Crippen LogP contribution in [-0.4, -0.2) is 14.8 Å². The Morgan fingerprint density at radius 2 is 1.78 bits per heavy atom. The zero-order valence-corrected chi connectivity index (χ0v) is 23.0. The predicted octanol–water partition coefficient (Wildman–Crippen LogP) is 7.26. The van der Waals surface area contributed by atoms with Gasteiger partial charge in [-0.2, -0.15) is 29.4 Å². The molecule has 0 saturated heterocycles. The van der Waals surface area contributed by atoms with E-state index in [4.69, 9.17) is 10.1 Å². The number of aromatic nitrogens is 3. The van der Waals surface area contributed by atoms with E-state index in [-0.39, 0.29) is 32.0 Å². The summed E-state index contributed by atoms with van der Waals surface area (Å²) in [7, 11) is 0. The number of nitrogens with zero attached hydrogens (tertiary/aromatic N) is 3. The Morgan fingerprint density at radius 1 is 1.00 bits per heavy atom. The maximum absolute atomic E-state index is 14.4. The fourth-order valence-corrected chi connectivity index (χ4v) is 5.11. The van der Waals surface area contributed by atoms with Crippen LogP contribution < -0.4 is 0 Å². The van der Waals surface area contributed by atoms with Gasteiger partial charge in [-0.15, -0.1) is 18.2 Å². The Bertz CT molecular complexity index is 1340. The second kappa shape index (κ2) is 10.4. The predicted molar refractivity (Wildman–Crippen MR) is 133 cm³/mol. The van der Waals surface area contributed by atoms with E-state index in [2.05, 4.69) is 39.0 Å². The summed E-state index contributed by atoms with van der Waals surface area (Å²) in [5.74, 6) is -1.34. The summed E-state index contributed by atoms with van der Waals surface area (Å²) in [5.41, 5.74) is 4.02. The van der Waals surface area contributed by atoms with E-state index in [1.54, 1.807) is 6.07 Å². The monoisotopic (exact) mass is 664 g/mol. The first kappa shape index (κ1) is 26.4. The van der Waals surface area contributed by atoms with Crippen LogP contribution >= 0.6 is 0 Å². The molecule has 1 aliphatic carbocycles. The van der Waals surface area contributed by atoms with Gasteiger partial charge in [-0.3, -0.25) is 13.5 Å². The quantitative estimate of drug-likeness (QED) is 0.203. The molecule has 0 aliphatic heterocycles. The molecule has 0 amide bonds. The summed E-state index contributed by atoms with van der Waals surface area (Å²) in [4.78, 5) is 4.76. The van der Waals surface area contributed by atoms with Gasteiger partial charge < -0.3 is 4.98 Å². The first-order valence-corrected chi connectivity index (χ1v) is 12.2. The summed E-state index contributed by atoms with van der Waals surface area (Å²) in [5, 5.41) is 5.05. The molecule has 0 unspecified atom stereocenters. The van der Waals surface area contributed by atoms with Crippen LogP contribution in [0, 0.1) is 29.2 Å². The third-order valence-corrected chi connectivity index (χ3v) is 7.27. The van der Waals surface area contributed by atoms with Gasteiger partial charge in [0.1, 0.15) is 0 Å². The molecule has 6 heteroatoms. The van der Waals surface area contributed by atoms with Gasteiger partial charge in [0.25, 0.3) is 0 Å². The molecule has 1 aliphatic rings. The van der Waals surface area contributed by atoms with Crippen molar-refractivity contribution >= 4 is 0 Å². The van der Waals surface area contributed by atoms with Crippen molar-refractivity contribution < 1.29 is 29.8 Å². The molecule has 5 rings (SSSR count). The molecule has 0 radical (unpaired) electrons. The summed E-state index contributed by atoms with van der Waals surface area (Å²) >= 11 is 0. The minimum atomic E-state index is -0.677. The Balaban J connectivity index is 0.00000304. The second-order valence-corrected chi connectivity index (χ2v) is 10.4. The molecule has 3 nitrogen and oxygen atoms in total. The van der Waals surface area contributed by atoms with Crippen molar-refractivity contribution in [2.75, 3.05) is 0 Å². The normalized spacial score (nSPS) is 15.0. The summed E-state index contributed by atoms with van der Waals surface area (Å²) in [6.45, 7) is 6.52. The molecule has 188 valence electrons. The summed E-state index contributed by atoms with van der Waals surface area (Å²) in [6.07, 6.45) is 5.93. The van der Waals surface area contributed by atoms with Crippen LogP contribution in [0.4, 0.5) is 8.78 Å². The molecule has 2 heterocycles. The molecule has 1 saturated carbocycles. The van der Waals surface area contributed by atoms with Crippen molar-refractivity contribution in [3.63, 3.8) is 0 Å². The Labute approximate surface area is 226 Å². The van der Waals surface area contributed by atoms with Gasteiger partial charge >= 0.3 is 21.1 Å². The smallest absolute Gasteiger partial charge is 0.300 e. The van der Waals surface area contributed by atoms with E-state index in [1.807, 2.05) is 41.1 Å². The van der Waals surface area contributed by atoms with Gasteiger partial charge in [-0.1, -0.05) is 43.5 Å². The fourth-order valence-electron chi connectivity index (χ4n) is 5.11. The molecule has 1 fully saturated rings. The van der Waals surface area contributed by atoms with E-state index in [0.29, 0.717) is 5.69 Å². The fraction of sp³-hybridized carbons (Fsp3) is 0.333. The topological polar surface area (TPSA) is 30.7 Å². The van der Waals surface area contributed by atoms with Crippen molar-refractivity contribution in [2.45, 2.75) is 58.3 Å². The Morgan fingerprint density at radius 3 is 2.47 bits per heavy atom. The molecule has 0 N–H and O–H groups in total. The van der Waals surface area contributed by atoms with Gasteiger partial charge in [0.15, 0.2) is 0 Å². The SMILES string of the molecule is CC1(Cc2cc(C(C)(C)c3cccc(-c4[c-]cc(F)cc4F)n3)nn2-c2[c-]cccc2)CCCC1.[Pt+2]. The molecule has 0 spiro atoms. The van der Waals surface area contributed by atoms with Crippen LogP contribution in [0.5, 0.6) is 0 Å². The number of para-hydroxylation sites is 1. The van der Waals surface area contributed by atoms with Gasteiger partial charge in [-0.05, 0) is 62.0 Å². The molecule has 0 bridgehead atoms. The Hall–Kier alpha value is -2.65. The number of halogens is 2. The van der Waals surface area contributed by atoms with Crippen molar-refractivity contribution in [2.24, 2.45) is 5.41 Å². The van der Waals surface area contributed by atoms with Crippen LogP contribution in [0.15, 0.2) is 60.7 Å². The number of hydrogen-bond acceptors (Lipinski definition) is 2. The van der Waals surface area contributed by atoms with Gasteiger partial charge in [0.05, 0.1) is 11.1 Å². The van der Waals surface area contributed by atoms with Crippen LogP contribution in [0.25, 0.3) is 16.9 Å². The number of hydrogen-bond donors (Lipinski definition) is 0. The van der Waals surface area contributed by atoms with Crippen LogP contribution in [0.2, 0.25) is 0 Å². The van der Waals surface area contributed by atoms with Crippen LogP contribution in [-0.2, 0) is 32.9 Å². The van der Waals surface area contributed by atoms with Crippen molar-refractivity contribution in [3.05, 3.63) is 102 Å². The molecule has 2 aromatic heterocycles. The maximum Gasteiger partial charge on any atom is 2.00 e. The summed E-state index contributed by atoms with van der Waals surface area (Å²) in [6, 6.07) is 23.5. The maximum atomic E-state index is 14.4. The standard InChI is InChI=1S/C30H29F2N3.Pt/c1-29(2,27-13-9-12-26(33-27)24-15-14-21(31)18-25(24)32)28-19-23(20-30(3)16-7-8-17-30)35(34-28)22-10-5-4-6-11-22;/h4-6,9-10,12-14,18-19H,7-8,16-17,20H2,1-3H3;/q-2;+2. The second-order valence-electron chi connectivity index (χ2n) is 10.4. The minimum Gasteiger partial charge on any atom is -0.300 e. The third-order valence-electron chi connectivity index (χ3n) is 7.27. The molecular formula is C30H29F2N3Pt. The summed E-state index contributed by atoms with van der Waals surface area (Å²) < 4.78 is 29.8. The molecule has 4 aromatic rings. The van der Waals surface area contributed by atoms with Gasteiger partial charge in [0, 0.05) is 23.0 Å². The minimum absolute atomic E-state index is 0. The van der Waals surface area contributed by atoms with E-state index >= 15 is 0 Å². The van der Waals surface area contributed by atoms with Gasteiger partial charge in [-0.25, -0.2) is 0 Å². The molecular weight excluding hydrogens is 635 g/mol. The third kappa shape index (κ3) is 5.22. The number of pyridine rings is 1. The molecule has 36 heavy (non-hydrogen) atoms. The average molecular weight is 665 g/mol. The van der Waals surface area contributed by atoms with E-state index in [9.17, 15) is 8.78 Å². The Kier molecular flexibility index (Phi) is 7.61. The van der Waals surface area contributed by atoms with E-state index < -0.39 is 17.0 Å². The van der Waals surface area contributed by atoms with Crippen LogP contribution in [0.1, 0.15) is 63.5 Å². The number of rotatable bonds is 6. The number of benzene rings is 2. The van der Waals surface area contributed by atoms with E-state index in [0.717, 1.165) is 41.3 Å². The zero-order chi connectivity index (χ0) is 24.6.